The zero-order valence-electron chi connectivity index (χ0n) is 18.9. The molecule has 0 spiro atoms. The molecule has 0 aromatic heterocycles. The highest BCUT2D eigenvalue weighted by molar-refractivity contribution is 6.30. The topological polar surface area (TPSA) is 64.4 Å². The van der Waals surface area contributed by atoms with Gasteiger partial charge in [-0.1, -0.05) is 71.8 Å². The Bertz CT molecular complexity index is 1320. The average molecular weight is 469 g/mol. The molecule has 0 fully saturated rings. The molecule has 0 amide bonds. The molecule has 1 aliphatic carbocycles. The highest BCUT2D eigenvalue weighted by atomic mass is 35.5. The van der Waals surface area contributed by atoms with Crippen LogP contribution in [-0.4, -0.2) is 16.7 Å². The Morgan fingerprint density at radius 2 is 1.65 bits per heavy atom. The van der Waals surface area contributed by atoms with Gasteiger partial charge in [0.05, 0.1) is 0 Å². The molecule has 2 N–H and O–H groups in total. The molecular weight excluding hydrogens is 444 g/mol. The van der Waals surface area contributed by atoms with E-state index in [-0.39, 0.29) is 17.4 Å². The van der Waals surface area contributed by atoms with E-state index in [4.69, 9.17) is 11.6 Å². The van der Waals surface area contributed by atoms with Crippen LogP contribution in [0.1, 0.15) is 41.9 Å². The van der Waals surface area contributed by atoms with E-state index in [2.05, 4.69) is 0 Å². The molecule has 0 bridgehead atoms. The number of carbonyl (C=O) groups is 1. The number of hydrogen-bond acceptors (Lipinski definition) is 3. The first-order chi connectivity index (χ1) is 16.5. The average Bonchev–Trinajstić information content (AvgIpc) is 2.85. The van der Waals surface area contributed by atoms with E-state index in [0.29, 0.717) is 34.6 Å². The summed E-state index contributed by atoms with van der Waals surface area (Å²) in [4.78, 5) is 15.3. The Morgan fingerprint density at radius 3 is 2.32 bits per heavy atom. The van der Waals surface area contributed by atoms with E-state index >= 15 is 0 Å². The molecule has 5 heteroatoms. The third-order valence-corrected chi connectivity index (χ3v) is 6.80. The third kappa shape index (κ3) is 3.84. The minimum atomic E-state index is -0.547. The number of aryl methyl sites for hydroxylation is 1. The number of nitrogens with zero attached hydrogens (tertiary/aromatic N) is 1. The smallest absolute Gasteiger partial charge is 0.161 e. The second-order valence-corrected chi connectivity index (χ2v) is 9.21. The van der Waals surface area contributed by atoms with Gasteiger partial charge in [-0.05, 0) is 49.6 Å². The number of nitrogens with one attached hydrogen (secondary N) is 1. The lowest BCUT2D eigenvalue weighted by atomic mass is 9.73. The number of aliphatic hydroxyl groups excluding tert-OH is 1. The molecule has 3 aromatic rings. The van der Waals surface area contributed by atoms with Crippen molar-refractivity contribution >= 4 is 34.7 Å². The molecule has 34 heavy (non-hydrogen) atoms. The molecule has 1 atom stereocenters. The van der Waals surface area contributed by atoms with Crippen molar-refractivity contribution in [2.75, 3.05) is 4.90 Å². The lowest BCUT2D eigenvalue weighted by Gasteiger charge is -2.41. The maximum Gasteiger partial charge on any atom is 0.161 e. The summed E-state index contributed by atoms with van der Waals surface area (Å²) in [6.07, 6.45) is 1.89. The van der Waals surface area contributed by atoms with E-state index in [9.17, 15) is 15.3 Å². The minimum Gasteiger partial charge on any atom is -0.507 e. The predicted octanol–water partition coefficient (Wildman–Crippen LogP) is 7.21. The fourth-order valence-electron chi connectivity index (χ4n) is 4.91. The van der Waals surface area contributed by atoms with Crippen LogP contribution >= 0.6 is 11.6 Å². The fourth-order valence-corrected chi connectivity index (χ4v) is 5.04. The maximum absolute atomic E-state index is 13.4. The molecule has 4 nitrogen and oxygen atoms in total. The Morgan fingerprint density at radius 1 is 0.971 bits per heavy atom. The molecule has 2 aliphatic rings. The summed E-state index contributed by atoms with van der Waals surface area (Å²) in [5.74, 6) is -0.300. The van der Waals surface area contributed by atoms with Crippen molar-refractivity contribution in [3.8, 4) is 0 Å². The van der Waals surface area contributed by atoms with Crippen LogP contribution in [0, 0.1) is 12.3 Å². The van der Waals surface area contributed by atoms with Gasteiger partial charge in [0.2, 0.25) is 0 Å². The van der Waals surface area contributed by atoms with Gasteiger partial charge in [-0.3, -0.25) is 15.1 Å². The number of para-hydroxylation sites is 1. The molecule has 1 heterocycles. The normalized spacial score (nSPS) is 19.8. The summed E-state index contributed by atoms with van der Waals surface area (Å²) >= 11 is 6.17. The number of Topliss-reactive ketones (excluding diaryl/α,β-unsaturated/α-hetero) is 1. The fraction of sp³-hybridized carbons (Fsp3) is 0.172. The maximum atomic E-state index is 13.4. The largest absolute Gasteiger partial charge is 0.507 e. The summed E-state index contributed by atoms with van der Waals surface area (Å²) in [6, 6.07) is 24.5. The van der Waals surface area contributed by atoms with Crippen molar-refractivity contribution in [1.29, 1.82) is 5.41 Å². The number of halogens is 1. The summed E-state index contributed by atoms with van der Waals surface area (Å²) in [7, 11) is 0. The Kier molecular flexibility index (Phi) is 5.84. The Hall–Kier alpha value is -3.63. The van der Waals surface area contributed by atoms with Crippen LogP contribution in [0.25, 0.3) is 5.76 Å². The third-order valence-electron chi connectivity index (χ3n) is 6.55. The summed E-state index contributed by atoms with van der Waals surface area (Å²) < 4.78 is 0. The van der Waals surface area contributed by atoms with Crippen molar-refractivity contribution in [2.45, 2.75) is 32.1 Å². The zero-order valence-corrected chi connectivity index (χ0v) is 19.6. The first kappa shape index (κ1) is 22.2. The summed E-state index contributed by atoms with van der Waals surface area (Å²) in [6.45, 7) is 1.99. The van der Waals surface area contributed by atoms with Gasteiger partial charge >= 0.3 is 0 Å². The first-order valence-corrected chi connectivity index (χ1v) is 11.8. The van der Waals surface area contributed by atoms with Crippen molar-refractivity contribution in [2.24, 2.45) is 0 Å². The van der Waals surface area contributed by atoms with Gasteiger partial charge in [0.1, 0.15) is 11.6 Å². The summed E-state index contributed by atoms with van der Waals surface area (Å²) in [5, 5.41) is 21.5. The lowest BCUT2D eigenvalue weighted by Crippen LogP contribution is -2.42. The quantitative estimate of drug-likeness (QED) is 0.399. The van der Waals surface area contributed by atoms with E-state index in [1.54, 1.807) is 12.1 Å². The van der Waals surface area contributed by atoms with Crippen LogP contribution in [0.3, 0.4) is 0 Å². The number of hydrogen-bond donors (Lipinski definition) is 2. The van der Waals surface area contributed by atoms with E-state index in [1.165, 1.54) is 0 Å². The molecule has 0 saturated heterocycles. The second-order valence-electron chi connectivity index (χ2n) is 8.77. The zero-order chi connectivity index (χ0) is 23.8. The van der Waals surface area contributed by atoms with Gasteiger partial charge in [-0.15, -0.1) is 0 Å². The van der Waals surface area contributed by atoms with E-state index in [0.717, 1.165) is 28.9 Å². The highest BCUT2D eigenvalue weighted by Gasteiger charge is 2.43. The number of amidine groups is 1. The SMILES string of the molecule is Cc1ccc(C(O)=C2C(=N)N(c3ccccc3)C3=C(C(=O)CCC3)[C@H]2c2ccc(Cl)cc2)cc1. The monoisotopic (exact) mass is 468 g/mol. The number of rotatable bonds is 3. The number of allylic oxidation sites excluding steroid dienone is 2. The van der Waals surface area contributed by atoms with Crippen LogP contribution in [-0.2, 0) is 4.79 Å². The first-order valence-electron chi connectivity index (χ1n) is 11.4. The second kappa shape index (κ2) is 8.96. The number of benzene rings is 3. The summed E-state index contributed by atoms with van der Waals surface area (Å²) in [5.41, 5.74) is 5.24. The molecule has 3 aromatic carbocycles. The molecule has 0 saturated carbocycles. The molecule has 0 unspecified atom stereocenters. The van der Waals surface area contributed by atoms with Crippen LogP contribution in [0.5, 0.6) is 0 Å². The van der Waals surface area contributed by atoms with Gasteiger partial charge in [-0.25, -0.2) is 0 Å². The van der Waals surface area contributed by atoms with Crippen molar-refractivity contribution < 1.29 is 9.90 Å². The molecule has 170 valence electrons. The molecule has 1 aliphatic heterocycles. The van der Waals surface area contributed by atoms with Crippen LogP contribution in [0.4, 0.5) is 5.69 Å². The Labute approximate surface area is 204 Å². The number of carbonyl (C=O) groups excluding carboxylic acids is 1. The van der Waals surface area contributed by atoms with Gasteiger partial charge in [0, 0.05) is 45.5 Å². The predicted molar refractivity (Wildman–Crippen MR) is 137 cm³/mol. The lowest BCUT2D eigenvalue weighted by molar-refractivity contribution is -0.116. The van der Waals surface area contributed by atoms with Crippen molar-refractivity contribution in [3.05, 3.63) is 117 Å². The standard InChI is InChI=1S/C29H25ClN2O2/c1-18-10-12-20(13-11-18)28(34)27-25(19-14-16-21(30)17-15-19)26-23(8-5-9-24(26)33)32(29(27)31)22-6-3-2-4-7-22/h2-4,6-7,10-17,25,31,34H,5,8-9H2,1H3/t25-/m1/s1. The number of aliphatic hydroxyl groups is 1. The van der Waals surface area contributed by atoms with Crippen LogP contribution in [0.15, 0.2) is 95.7 Å². The number of ketones is 1. The minimum absolute atomic E-state index is 0.0100. The van der Waals surface area contributed by atoms with E-state index < -0.39 is 5.92 Å². The van der Waals surface area contributed by atoms with Gasteiger partial charge < -0.3 is 5.11 Å². The van der Waals surface area contributed by atoms with Gasteiger partial charge in [0.25, 0.3) is 0 Å². The highest BCUT2D eigenvalue weighted by Crippen LogP contribution is 2.47. The van der Waals surface area contributed by atoms with Crippen LogP contribution < -0.4 is 4.90 Å². The van der Waals surface area contributed by atoms with Crippen molar-refractivity contribution in [3.63, 3.8) is 0 Å². The van der Waals surface area contributed by atoms with Gasteiger partial charge in [0.15, 0.2) is 5.78 Å². The Balaban J connectivity index is 1.82. The van der Waals surface area contributed by atoms with Crippen LogP contribution in [0.2, 0.25) is 5.02 Å². The van der Waals surface area contributed by atoms with Crippen molar-refractivity contribution in [1.82, 2.24) is 0 Å². The molecular formula is C29H25ClN2O2. The number of anilines is 1. The van der Waals surface area contributed by atoms with Gasteiger partial charge in [-0.2, -0.15) is 0 Å². The molecule has 5 rings (SSSR count). The molecule has 0 radical (unpaired) electrons. The van der Waals surface area contributed by atoms with E-state index in [1.807, 2.05) is 78.6 Å².